The van der Waals surface area contributed by atoms with Crippen LogP contribution in [0.25, 0.3) is 0 Å². The lowest BCUT2D eigenvalue weighted by atomic mass is 9.91. The number of carbonyl (C=O) groups excluding carboxylic acids is 2. The summed E-state index contributed by atoms with van der Waals surface area (Å²) in [7, 11) is 0. The number of amides is 2. The summed E-state index contributed by atoms with van der Waals surface area (Å²) < 4.78 is 13.1. The van der Waals surface area contributed by atoms with Gasteiger partial charge in [0, 0.05) is 23.7 Å². The van der Waals surface area contributed by atoms with Crippen LogP contribution in [0.1, 0.15) is 29.0 Å². The fraction of sp³-hybridized carbons (Fsp3) is 0.125. The average Bonchev–Trinajstić information content (AvgIpc) is 2.55. The molecule has 1 aliphatic heterocycles. The third-order valence-corrected chi connectivity index (χ3v) is 3.51. The first-order chi connectivity index (χ1) is 11.1. The summed E-state index contributed by atoms with van der Waals surface area (Å²) in [6.07, 6.45) is 4.25. The van der Waals surface area contributed by atoms with Gasteiger partial charge in [-0.05, 0) is 24.6 Å². The molecule has 0 radical (unpaired) electrons. The van der Waals surface area contributed by atoms with Crippen molar-refractivity contribution in [2.75, 3.05) is 0 Å². The summed E-state index contributed by atoms with van der Waals surface area (Å²) >= 11 is 0. The maximum absolute atomic E-state index is 13.1. The zero-order chi connectivity index (χ0) is 16.4. The third kappa shape index (κ3) is 2.94. The van der Waals surface area contributed by atoms with Gasteiger partial charge in [-0.15, -0.1) is 0 Å². The molecule has 2 heterocycles. The molecule has 1 atom stereocenters. The fourth-order valence-electron chi connectivity index (χ4n) is 2.45. The summed E-state index contributed by atoms with van der Waals surface area (Å²) in [4.78, 5) is 32.4. The second-order valence-electron chi connectivity index (χ2n) is 5.04. The van der Waals surface area contributed by atoms with E-state index >= 15 is 0 Å². The number of ketones is 1. The molecule has 0 saturated heterocycles. The van der Waals surface area contributed by atoms with E-state index in [4.69, 9.17) is 0 Å². The van der Waals surface area contributed by atoms with E-state index in [1.807, 2.05) is 0 Å². The van der Waals surface area contributed by atoms with Gasteiger partial charge in [0.2, 0.25) is 5.78 Å². The summed E-state index contributed by atoms with van der Waals surface area (Å²) in [6, 6.07) is 4.52. The minimum absolute atomic E-state index is 0.173. The molecule has 2 amide bonds. The van der Waals surface area contributed by atoms with Crippen molar-refractivity contribution < 1.29 is 14.0 Å². The second-order valence-corrected chi connectivity index (χ2v) is 5.04. The van der Waals surface area contributed by atoms with Gasteiger partial charge < -0.3 is 10.6 Å². The molecular weight excluding hydrogens is 299 g/mol. The highest BCUT2D eigenvalue weighted by Gasteiger charge is 2.32. The minimum Gasteiger partial charge on any atom is -0.327 e. The van der Waals surface area contributed by atoms with Gasteiger partial charge in [-0.3, -0.25) is 9.78 Å². The number of nitrogens with one attached hydrogen (secondary N) is 2. The van der Waals surface area contributed by atoms with Crippen LogP contribution in [-0.4, -0.2) is 21.8 Å². The predicted octanol–water partition coefficient (Wildman–Crippen LogP) is 2.13. The van der Waals surface area contributed by atoms with Crippen LogP contribution in [0.3, 0.4) is 0 Å². The Morgan fingerprint density at radius 2 is 1.96 bits per heavy atom. The van der Waals surface area contributed by atoms with E-state index in [1.54, 1.807) is 6.92 Å². The topological polar surface area (TPSA) is 84.0 Å². The van der Waals surface area contributed by atoms with Crippen molar-refractivity contribution in [3.8, 4) is 0 Å². The Kier molecular flexibility index (Phi) is 3.84. The molecule has 1 aliphatic rings. The van der Waals surface area contributed by atoms with E-state index < -0.39 is 17.9 Å². The third-order valence-electron chi connectivity index (χ3n) is 3.51. The van der Waals surface area contributed by atoms with Crippen LogP contribution in [-0.2, 0) is 0 Å². The number of carbonyl (C=O) groups is 2. The molecule has 6 nitrogen and oxygen atoms in total. The number of rotatable bonds is 3. The van der Waals surface area contributed by atoms with E-state index in [9.17, 15) is 14.0 Å². The van der Waals surface area contributed by atoms with Crippen molar-refractivity contribution in [3.05, 3.63) is 71.2 Å². The quantitative estimate of drug-likeness (QED) is 0.850. The first-order valence-electron chi connectivity index (χ1n) is 6.90. The first kappa shape index (κ1) is 14.8. The van der Waals surface area contributed by atoms with Gasteiger partial charge in [-0.25, -0.2) is 14.2 Å². The number of allylic oxidation sites excluding steroid dienone is 1. The molecule has 1 aromatic carbocycles. The molecular formula is C16H13FN4O2. The number of hydrogen-bond donors (Lipinski definition) is 2. The van der Waals surface area contributed by atoms with E-state index in [0.29, 0.717) is 16.8 Å². The lowest BCUT2D eigenvalue weighted by Gasteiger charge is -2.28. The molecule has 0 fully saturated rings. The van der Waals surface area contributed by atoms with Crippen LogP contribution in [0.2, 0.25) is 0 Å². The van der Waals surface area contributed by atoms with Gasteiger partial charge >= 0.3 is 6.03 Å². The number of benzene rings is 1. The monoisotopic (exact) mass is 312 g/mol. The molecule has 3 rings (SSSR count). The van der Waals surface area contributed by atoms with Crippen LogP contribution in [0, 0.1) is 5.82 Å². The highest BCUT2D eigenvalue weighted by atomic mass is 19.1. The largest absolute Gasteiger partial charge is 0.327 e. The van der Waals surface area contributed by atoms with Crippen LogP contribution in [0.15, 0.2) is 54.1 Å². The van der Waals surface area contributed by atoms with Crippen molar-refractivity contribution in [2.45, 2.75) is 13.0 Å². The van der Waals surface area contributed by atoms with Crippen molar-refractivity contribution in [1.82, 2.24) is 20.6 Å². The Bertz CT molecular complexity index is 787. The van der Waals surface area contributed by atoms with Crippen molar-refractivity contribution in [3.63, 3.8) is 0 Å². The molecule has 1 unspecified atom stereocenters. The number of aromatic nitrogens is 2. The number of nitrogens with zero attached hydrogens (tertiary/aromatic N) is 2. The van der Waals surface area contributed by atoms with Gasteiger partial charge in [0.1, 0.15) is 11.5 Å². The molecule has 0 bridgehead atoms. The highest BCUT2D eigenvalue weighted by Crippen LogP contribution is 2.28. The smallest absolute Gasteiger partial charge is 0.319 e. The SMILES string of the molecule is CC1=C(C(=O)c2cnccn2)C(c2ccc(F)cc2)NC(=O)N1. The number of urea groups is 1. The van der Waals surface area contributed by atoms with E-state index in [0.717, 1.165) is 0 Å². The molecule has 116 valence electrons. The van der Waals surface area contributed by atoms with Crippen molar-refractivity contribution in [2.24, 2.45) is 0 Å². The zero-order valence-corrected chi connectivity index (χ0v) is 12.2. The average molecular weight is 312 g/mol. The van der Waals surface area contributed by atoms with Gasteiger partial charge in [-0.2, -0.15) is 0 Å². The lowest BCUT2D eigenvalue weighted by molar-refractivity contribution is 0.101. The lowest BCUT2D eigenvalue weighted by Crippen LogP contribution is -2.45. The number of halogens is 1. The Morgan fingerprint density at radius 1 is 1.22 bits per heavy atom. The van der Waals surface area contributed by atoms with E-state index in [-0.39, 0.29) is 11.5 Å². The standard InChI is InChI=1S/C16H13FN4O2/c1-9-13(15(22)12-8-18-6-7-19-12)14(21-16(23)20-9)10-2-4-11(17)5-3-10/h2-8,14H,1H3,(H2,20,21,23). The highest BCUT2D eigenvalue weighted by molar-refractivity contribution is 6.09. The Hall–Kier alpha value is -3.09. The first-order valence-corrected chi connectivity index (χ1v) is 6.90. The fourth-order valence-corrected chi connectivity index (χ4v) is 2.45. The van der Waals surface area contributed by atoms with Gasteiger partial charge in [0.05, 0.1) is 12.2 Å². The Morgan fingerprint density at radius 3 is 2.61 bits per heavy atom. The molecule has 0 saturated carbocycles. The minimum atomic E-state index is -0.682. The van der Waals surface area contributed by atoms with Gasteiger partial charge in [-0.1, -0.05) is 12.1 Å². The van der Waals surface area contributed by atoms with Crippen LogP contribution in [0.5, 0.6) is 0 Å². The van der Waals surface area contributed by atoms with Crippen molar-refractivity contribution in [1.29, 1.82) is 0 Å². The molecule has 0 aliphatic carbocycles. The maximum atomic E-state index is 13.1. The molecule has 23 heavy (non-hydrogen) atoms. The maximum Gasteiger partial charge on any atom is 0.319 e. The molecule has 1 aromatic heterocycles. The second kappa shape index (κ2) is 5.96. The van der Waals surface area contributed by atoms with Crippen LogP contribution in [0.4, 0.5) is 9.18 Å². The zero-order valence-electron chi connectivity index (χ0n) is 12.2. The Balaban J connectivity index is 2.06. The van der Waals surface area contributed by atoms with E-state index in [2.05, 4.69) is 20.6 Å². The van der Waals surface area contributed by atoms with Gasteiger partial charge in [0.25, 0.3) is 0 Å². The summed E-state index contributed by atoms with van der Waals surface area (Å²) in [5, 5.41) is 5.26. The molecule has 0 spiro atoms. The normalized spacial score (nSPS) is 17.5. The molecule has 2 aromatic rings. The van der Waals surface area contributed by atoms with Crippen LogP contribution < -0.4 is 10.6 Å². The Labute approximate surface area is 131 Å². The summed E-state index contributed by atoms with van der Waals surface area (Å²) in [5.41, 5.74) is 1.55. The molecule has 7 heteroatoms. The van der Waals surface area contributed by atoms with E-state index in [1.165, 1.54) is 42.9 Å². The van der Waals surface area contributed by atoms with Crippen molar-refractivity contribution >= 4 is 11.8 Å². The predicted molar refractivity (Wildman–Crippen MR) is 79.9 cm³/mol. The number of hydrogen-bond acceptors (Lipinski definition) is 4. The summed E-state index contributed by atoms with van der Waals surface area (Å²) in [5.74, 6) is -0.742. The molecule has 2 N–H and O–H groups in total. The number of Topliss-reactive ketones (excluding diaryl/α,β-unsaturated/α-hetero) is 1. The van der Waals surface area contributed by atoms with Crippen LogP contribution >= 0.6 is 0 Å². The van der Waals surface area contributed by atoms with Gasteiger partial charge in [0.15, 0.2) is 0 Å². The summed E-state index contributed by atoms with van der Waals surface area (Å²) in [6.45, 7) is 1.64.